The summed E-state index contributed by atoms with van der Waals surface area (Å²) in [5.41, 5.74) is -0.425. The first-order chi connectivity index (χ1) is 16.0. The van der Waals surface area contributed by atoms with E-state index in [0.717, 1.165) is 12.1 Å². The van der Waals surface area contributed by atoms with Gasteiger partial charge in [0.1, 0.15) is 16.5 Å². The summed E-state index contributed by atoms with van der Waals surface area (Å²) in [6, 6.07) is 0. The Kier molecular flexibility index (Phi) is 3.83. The molecular weight excluding hydrogens is 436 g/mol. The fourth-order valence-electron chi connectivity index (χ4n) is 5.07. The summed E-state index contributed by atoms with van der Waals surface area (Å²) in [6.45, 7) is -1.01. The van der Waals surface area contributed by atoms with Crippen molar-refractivity contribution >= 4 is 34.2 Å². The van der Waals surface area contributed by atoms with E-state index in [1.165, 1.54) is 12.4 Å². The molecule has 2 aromatic heterocycles. The van der Waals surface area contributed by atoms with Crippen LogP contribution in [0.25, 0.3) is 0 Å². The molecule has 164 valence electrons. The maximum Gasteiger partial charge on any atom is 0.227 e. The van der Waals surface area contributed by atoms with Crippen LogP contribution in [0.4, 0.5) is 11.8 Å². The molecule has 6 rings (SSSR count). The number of nitrogens with one attached hydrogen (secondary N) is 1. The van der Waals surface area contributed by atoms with Gasteiger partial charge >= 0.3 is 0 Å². The Balaban J connectivity index is 1.22. The Morgan fingerprint density at radius 3 is 2.71 bits per heavy atom. The van der Waals surface area contributed by atoms with Crippen LogP contribution >= 0.6 is 11.6 Å². The number of anilines is 2. The standard InChI is InChI=1S/C21H25ClN6O2S/c22-14-8-23-17(24-9-14)13-6-20(7-13)10-28(11-20)19-25-15-2-5-31(30)16(15)18(26-19)27-21(12-29)3-1-4-21/h8-9,13,29H,1-7,10-12H2,(H,25,26,27)/t31-/m1/s1/i12D2,13D. The molecule has 10 heteroatoms. The maximum atomic E-state index is 12.7. The summed E-state index contributed by atoms with van der Waals surface area (Å²) in [6.07, 6.45) is 6.67. The molecule has 0 aromatic carbocycles. The minimum absolute atomic E-state index is 0.0126. The minimum Gasteiger partial charge on any atom is -0.394 e. The first-order valence-corrected chi connectivity index (χ1v) is 12.2. The van der Waals surface area contributed by atoms with Gasteiger partial charge in [0, 0.05) is 50.3 Å². The number of rotatable bonds is 5. The van der Waals surface area contributed by atoms with Crippen molar-refractivity contribution in [3.05, 3.63) is 28.9 Å². The average Bonchev–Trinajstić information content (AvgIpc) is 3.06. The molecule has 1 saturated heterocycles. The predicted octanol–water partition coefficient (Wildman–Crippen LogP) is 2.29. The summed E-state index contributed by atoms with van der Waals surface area (Å²) in [7, 11) is -1.25. The van der Waals surface area contributed by atoms with Gasteiger partial charge < -0.3 is 15.3 Å². The predicted molar refractivity (Wildman–Crippen MR) is 118 cm³/mol. The lowest BCUT2D eigenvalue weighted by atomic mass is 9.57. The third-order valence-corrected chi connectivity index (χ3v) is 8.56. The van der Waals surface area contributed by atoms with Gasteiger partial charge in [0.2, 0.25) is 5.95 Å². The van der Waals surface area contributed by atoms with Crippen molar-refractivity contribution in [2.24, 2.45) is 5.41 Å². The fraction of sp³-hybridized carbons (Fsp3) is 0.619. The van der Waals surface area contributed by atoms with E-state index < -0.39 is 28.8 Å². The summed E-state index contributed by atoms with van der Waals surface area (Å²) in [5, 5.41) is 13.8. The van der Waals surface area contributed by atoms with Crippen molar-refractivity contribution < 1.29 is 13.4 Å². The van der Waals surface area contributed by atoms with E-state index in [9.17, 15) is 9.32 Å². The van der Waals surface area contributed by atoms with Crippen LogP contribution < -0.4 is 10.2 Å². The van der Waals surface area contributed by atoms with Crippen LogP contribution in [-0.4, -0.2) is 60.2 Å². The lowest BCUT2D eigenvalue weighted by Crippen LogP contribution is -2.62. The normalized spacial score (nSPS) is 28.4. The van der Waals surface area contributed by atoms with Crippen LogP contribution in [0, 0.1) is 5.41 Å². The van der Waals surface area contributed by atoms with Gasteiger partial charge in [-0.1, -0.05) is 11.6 Å². The van der Waals surface area contributed by atoms with Crippen molar-refractivity contribution in [2.45, 2.75) is 54.9 Å². The Morgan fingerprint density at radius 2 is 2.06 bits per heavy atom. The lowest BCUT2D eigenvalue weighted by molar-refractivity contribution is 0.0582. The lowest BCUT2D eigenvalue weighted by Gasteiger charge is -2.58. The number of hydrogen-bond donors (Lipinski definition) is 2. The maximum absolute atomic E-state index is 12.7. The van der Waals surface area contributed by atoms with Crippen LogP contribution in [-0.2, 0) is 17.2 Å². The van der Waals surface area contributed by atoms with Crippen molar-refractivity contribution in [2.75, 3.05) is 35.6 Å². The molecule has 2 aromatic rings. The van der Waals surface area contributed by atoms with Crippen LogP contribution in [0.2, 0.25) is 5.02 Å². The monoisotopic (exact) mass is 463 g/mol. The first kappa shape index (κ1) is 16.7. The highest BCUT2D eigenvalue weighted by Gasteiger charge is 2.54. The molecule has 0 bridgehead atoms. The molecule has 1 atom stereocenters. The zero-order chi connectivity index (χ0) is 23.9. The molecule has 2 aliphatic carbocycles. The smallest absolute Gasteiger partial charge is 0.227 e. The van der Waals surface area contributed by atoms with E-state index in [2.05, 4.69) is 30.2 Å². The number of fused-ring (bicyclic) bond motifs is 1. The van der Waals surface area contributed by atoms with Gasteiger partial charge in [-0.05, 0) is 32.1 Å². The second-order valence-electron chi connectivity index (χ2n) is 9.16. The van der Waals surface area contributed by atoms with Gasteiger partial charge in [-0.15, -0.1) is 0 Å². The molecule has 4 heterocycles. The van der Waals surface area contributed by atoms with Crippen molar-refractivity contribution in [3.8, 4) is 0 Å². The minimum atomic E-state index is -2.42. The van der Waals surface area contributed by atoms with E-state index in [1.807, 2.05) is 0 Å². The highest BCUT2D eigenvalue weighted by Crippen LogP contribution is 2.56. The number of hydrogen-bond acceptors (Lipinski definition) is 8. The van der Waals surface area contributed by atoms with E-state index in [1.54, 1.807) is 0 Å². The third-order valence-electron chi connectivity index (χ3n) is 6.90. The molecular formula is C21H25ClN6O2S. The van der Waals surface area contributed by atoms with Gasteiger partial charge in [0.15, 0.2) is 0 Å². The summed E-state index contributed by atoms with van der Waals surface area (Å²) in [5.74, 6) is 1.03. The number of aryl methyl sites for hydroxylation is 1. The van der Waals surface area contributed by atoms with E-state index in [4.69, 9.17) is 15.7 Å². The molecule has 0 unspecified atom stereocenters. The van der Waals surface area contributed by atoms with Gasteiger partial charge in [-0.25, -0.2) is 15.0 Å². The molecule has 2 N–H and O–H groups in total. The highest BCUT2D eigenvalue weighted by molar-refractivity contribution is 7.85. The summed E-state index contributed by atoms with van der Waals surface area (Å²) >= 11 is 5.88. The Bertz CT molecular complexity index is 1180. The van der Waals surface area contributed by atoms with Gasteiger partial charge in [-0.2, -0.15) is 4.98 Å². The number of nitrogens with zero attached hydrogens (tertiary/aromatic N) is 5. The van der Waals surface area contributed by atoms with E-state index >= 15 is 0 Å². The Hall–Kier alpha value is -1.84. The SMILES string of the molecule is [2H]C1(c2ncc(Cl)cn2)CC2(CN(c3nc4c(c(NC5(C([2H])([2H])O)CCC5)n3)[S@](=O)CC4)C2)C1. The molecule has 4 aliphatic rings. The second-order valence-corrected chi connectivity index (χ2v) is 11.1. The van der Waals surface area contributed by atoms with Gasteiger partial charge in [-0.3, -0.25) is 4.21 Å². The quantitative estimate of drug-likeness (QED) is 0.696. The van der Waals surface area contributed by atoms with Crippen molar-refractivity contribution in [1.82, 2.24) is 19.9 Å². The molecule has 8 nitrogen and oxygen atoms in total. The van der Waals surface area contributed by atoms with Crippen LogP contribution in [0.1, 0.15) is 53.6 Å². The van der Waals surface area contributed by atoms with Crippen molar-refractivity contribution in [3.63, 3.8) is 0 Å². The van der Waals surface area contributed by atoms with Gasteiger partial charge in [0.05, 0.1) is 36.4 Å². The number of aromatic nitrogens is 4. The highest BCUT2D eigenvalue weighted by atomic mass is 35.5. The third kappa shape index (κ3) is 3.24. The molecule has 0 radical (unpaired) electrons. The Morgan fingerprint density at radius 1 is 1.32 bits per heavy atom. The zero-order valence-electron chi connectivity index (χ0n) is 19.9. The molecule has 0 amide bonds. The fourth-order valence-corrected chi connectivity index (χ4v) is 6.47. The largest absolute Gasteiger partial charge is 0.394 e. The molecule has 31 heavy (non-hydrogen) atoms. The molecule has 2 aliphatic heterocycles. The number of halogens is 1. The van der Waals surface area contributed by atoms with Crippen LogP contribution in [0.15, 0.2) is 17.3 Å². The van der Waals surface area contributed by atoms with E-state index in [0.29, 0.717) is 78.5 Å². The van der Waals surface area contributed by atoms with Crippen molar-refractivity contribution in [1.29, 1.82) is 0 Å². The summed E-state index contributed by atoms with van der Waals surface area (Å²) < 4.78 is 37.3. The molecule has 1 spiro atoms. The topological polar surface area (TPSA) is 104 Å². The van der Waals surface area contributed by atoms with Crippen LogP contribution in [0.3, 0.4) is 0 Å². The summed E-state index contributed by atoms with van der Waals surface area (Å²) in [4.78, 5) is 20.4. The van der Waals surface area contributed by atoms with Crippen LogP contribution in [0.5, 0.6) is 0 Å². The first-order valence-electron chi connectivity index (χ1n) is 12.0. The van der Waals surface area contributed by atoms with E-state index in [-0.39, 0.29) is 5.41 Å². The molecule has 2 saturated carbocycles. The zero-order valence-corrected chi connectivity index (χ0v) is 18.5. The van der Waals surface area contributed by atoms with Gasteiger partial charge in [0.25, 0.3) is 0 Å². The second kappa shape index (κ2) is 7.08. The molecule has 3 fully saturated rings. The Labute approximate surface area is 192 Å². The average molecular weight is 464 g/mol. The number of aliphatic hydroxyl groups is 1.